The van der Waals surface area contributed by atoms with Gasteiger partial charge < -0.3 is 9.84 Å². The van der Waals surface area contributed by atoms with Crippen molar-refractivity contribution in [2.24, 2.45) is 5.41 Å². The first-order valence-electron chi connectivity index (χ1n) is 4.41. The lowest BCUT2D eigenvalue weighted by Gasteiger charge is -2.16. The zero-order valence-corrected chi connectivity index (χ0v) is 8.57. The van der Waals surface area contributed by atoms with Crippen molar-refractivity contribution in [1.82, 2.24) is 0 Å². The number of rotatable bonds is 1. The highest BCUT2D eigenvalue weighted by atomic mass is 16.5. The quantitative estimate of drug-likeness (QED) is 0.551. The fraction of sp³-hybridized carbons (Fsp3) is 0.364. The largest absolute Gasteiger partial charge is 0.508 e. The van der Waals surface area contributed by atoms with E-state index in [1.807, 2.05) is 0 Å². The highest BCUT2D eigenvalue weighted by molar-refractivity contribution is 5.77. The average Bonchev–Trinajstić information content (AvgIpc) is 2.07. The number of carbonyl (C=O) groups is 1. The maximum absolute atomic E-state index is 11.4. The minimum Gasteiger partial charge on any atom is -0.508 e. The van der Waals surface area contributed by atoms with Crippen LogP contribution in [0.4, 0.5) is 0 Å². The molecule has 0 aliphatic rings. The molecule has 3 nitrogen and oxygen atoms in total. The van der Waals surface area contributed by atoms with Crippen molar-refractivity contribution in [3.05, 3.63) is 24.3 Å². The van der Waals surface area contributed by atoms with E-state index in [2.05, 4.69) is 0 Å². The second kappa shape index (κ2) is 3.70. The first kappa shape index (κ1) is 10.6. The Morgan fingerprint density at radius 2 is 1.71 bits per heavy atom. The van der Waals surface area contributed by atoms with Gasteiger partial charge in [-0.25, -0.2) is 0 Å². The third kappa shape index (κ3) is 2.76. The van der Waals surface area contributed by atoms with Gasteiger partial charge in [-0.3, -0.25) is 4.79 Å². The molecule has 0 aromatic heterocycles. The first-order chi connectivity index (χ1) is 6.39. The number of benzene rings is 1. The van der Waals surface area contributed by atoms with Gasteiger partial charge in [-0.05, 0) is 45.0 Å². The third-order valence-electron chi connectivity index (χ3n) is 1.66. The van der Waals surface area contributed by atoms with E-state index < -0.39 is 5.41 Å². The standard InChI is InChI=1S/C11H14O3/c1-11(2,3)10(13)14-9-6-4-8(12)5-7-9/h4-7,12H,1-3H3. The summed E-state index contributed by atoms with van der Waals surface area (Å²) < 4.78 is 5.08. The molecule has 0 fully saturated rings. The van der Waals surface area contributed by atoms with E-state index in [0.29, 0.717) is 5.75 Å². The van der Waals surface area contributed by atoms with Crippen LogP contribution >= 0.6 is 0 Å². The van der Waals surface area contributed by atoms with Crippen molar-refractivity contribution >= 4 is 5.97 Å². The predicted molar refractivity (Wildman–Crippen MR) is 53.2 cm³/mol. The lowest BCUT2D eigenvalue weighted by atomic mass is 9.97. The topological polar surface area (TPSA) is 46.5 Å². The van der Waals surface area contributed by atoms with E-state index in [4.69, 9.17) is 9.84 Å². The van der Waals surface area contributed by atoms with Crippen LogP contribution in [0.2, 0.25) is 0 Å². The van der Waals surface area contributed by atoms with Crippen LogP contribution in [0.5, 0.6) is 11.5 Å². The van der Waals surface area contributed by atoms with Gasteiger partial charge in [-0.1, -0.05) is 0 Å². The molecule has 0 aliphatic heterocycles. The fourth-order valence-corrected chi connectivity index (χ4v) is 0.774. The molecule has 0 atom stereocenters. The Kier molecular flexibility index (Phi) is 2.79. The molecular weight excluding hydrogens is 180 g/mol. The molecule has 0 spiro atoms. The lowest BCUT2D eigenvalue weighted by Crippen LogP contribution is -2.25. The van der Waals surface area contributed by atoms with Crippen LogP contribution in [0.3, 0.4) is 0 Å². The molecule has 0 saturated carbocycles. The maximum Gasteiger partial charge on any atom is 0.316 e. The highest BCUT2D eigenvalue weighted by Gasteiger charge is 2.23. The number of esters is 1. The second-order valence-corrected chi connectivity index (χ2v) is 4.13. The van der Waals surface area contributed by atoms with Gasteiger partial charge in [0.25, 0.3) is 0 Å². The van der Waals surface area contributed by atoms with Crippen molar-refractivity contribution in [3.8, 4) is 11.5 Å². The van der Waals surface area contributed by atoms with Gasteiger partial charge in [0, 0.05) is 0 Å². The predicted octanol–water partition coefficient (Wildman–Crippen LogP) is 2.34. The van der Waals surface area contributed by atoms with E-state index in [0.717, 1.165) is 0 Å². The van der Waals surface area contributed by atoms with Gasteiger partial charge in [-0.15, -0.1) is 0 Å². The molecule has 1 rings (SSSR count). The lowest BCUT2D eigenvalue weighted by molar-refractivity contribution is -0.143. The Labute approximate surface area is 83.3 Å². The van der Waals surface area contributed by atoms with E-state index in [-0.39, 0.29) is 11.7 Å². The van der Waals surface area contributed by atoms with Crippen molar-refractivity contribution in [3.63, 3.8) is 0 Å². The molecule has 0 aliphatic carbocycles. The van der Waals surface area contributed by atoms with E-state index in [9.17, 15) is 4.79 Å². The van der Waals surface area contributed by atoms with Gasteiger partial charge in [0.1, 0.15) is 11.5 Å². The van der Waals surface area contributed by atoms with E-state index in [1.54, 1.807) is 32.9 Å². The number of hydrogen-bond donors (Lipinski definition) is 1. The monoisotopic (exact) mass is 194 g/mol. The molecule has 1 aromatic rings. The van der Waals surface area contributed by atoms with Gasteiger partial charge in [0.05, 0.1) is 5.41 Å². The van der Waals surface area contributed by atoms with Crippen LogP contribution in [-0.4, -0.2) is 11.1 Å². The van der Waals surface area contributed by atoms with Crippen LogP contribution < -0.4 is 4.74 Å². The van der Waals surface area contributed by atoms with Gasteiger partial charge in [0.2, 0.25) is 0 Å². The Hall–Kier alpha value is -1.51. The number of phenols is 1. The number of aromatic hydroxyl groups is 1. The molecular formula is C11H14O3. The first-order valence-corrected chi connectivity index (χ1v) is 4.41. The molecule has 3 heteroatoms. The van der Waals surface area contributed by atoms with Crippen LogP contribution in [-0.2, 0) is 4.79 Å². The molecule has 0 heterocycles. The van der Waals surface area contributed by atoms with Gasteiger partial charge >= 0.3 is 5.97 Å². The fourth-order valence-electron chi connectivity index (χ4n) is 0.774. The summed E-state index contributed by atoms with van der Waals surface area (Å²) in [6.45, 7) is 5.36. The van der Waals surface area contributed by atoms with Crippen molar-refractivity contribution in [1.29, 1.82) is 0 Å². The molecule has 0 radical (unpaired) electrons. The zero-order valence-electron chi connectivity index (χ0n) is 8.57. The molecule has 0 saturated heterocycles. The summed E-state index contributed by atoms with van der Waals surface area (Å²) in [4.78, 5) is 11.4. The summed E-state index contributed by atoms with van der Waals surface area (Å²) in [5.74, 6) is 0.312. The molecule has 1 aromatic carbocycles. The number of hydrogen-bond acceptors (Lipinski definition) is 3. The Bertz CT molecular complexity index is 319. The highest BCUT2D eigenvalue weighted by Crippen LogP contribution is 2.21. The van der Waals surface area contributed by atoms with Gasteiger partial charge in [0.15, 0.2) is 0 Å². The second-order valence-electron chi connectivity index (χ2n) is 4.13. The molecule has 1 N–H and O–H groups in total. The summed E-state index contributed by atoms with van der Waals surface area (Å²) in [5, 5.41) is 9.01. The summed E-state index contributed by atoms with van der Waals surface area (Å²) >= 11 is 0. The van der Waals surface area contributed by atoms with Crippen molar-refractivity contribution in [2.45, 2.75) is 20.8 Å². The molecule has 0 bridgehead atoms. The third-order valence-corrected chi connectivity index (χ3v) is 1.66. The summed E-state index contributed by atoms with van der Waals surface area (Å²) in [7, 11) is 0. The van der Waals surface area contributed by atoms with Crippen molar-refractivity contribution in [2.75, 3.05) is 0 Å². The van der Waals surface area contributed by atoms with E-state index in [1.165, 1.54) is 12.1 Å². The SMILES string of the molecule is CC(C)(C)C(=O)Oc1ccc(O)cc1. The van der Waals surface area contributed by atoms with Crippen LogP contribution in [0.15, 0.2) is 24.3 Å². The minimum absolute atomic E-state index is 0.153. The number of ether oxygens (including phenoxy) is 1. The summed E-state index contributed by atoms with van der Waals surface area (Å²) in [5.41, 5.74) is -0.516. The smallest absolute Gasteiger partial charge is 0.316 e. The number of phenolic OH excluding ortho intramolecular Hbond substituents is 1. The average molecular weight is 194 g/mol. The Balaban J connectivity index is 2.71. The molecule has 14 heavy (non-hydrogen) atoms. The summed E-state index contributed by atoms with van der Waals surface area (Å²) in [6, 6.07) is 6.06. The zero-order chi connectivity index (χ0) is 10.8. The minimum atomic E-state index is -0.516. The Morgan fingerprint density at radius 1 is 1.21 bits per heavy atom. The Morgan fingerprint density at radius 3 is 2.14 bits per heavy atom. The molecule has 0 unspecified atom stereocenters. The normalized spacial score (nSPS) is 11.1. The maximum atomic E-state index is 11.4. The van der Waals surface area contributed by atoms with Crippen molar-refractivity contribution < 1.29 is 14.6 Å². The van der Waals surface area contributed by atoms with E-state index >= 15 is 0 Å². The molecule has 76 valence electrons. The van der Waals surface area contributed by atoms with Crippen LogP contribution in [0.25, 0.3) is 0 Å². The van der Waals surface area contributed by atoms with Crippen LogP contribution in [0.1, 0.15) is 20.8 Å². The molecule has 0 amide bonds. The van der Waals surface area contributed by atoms with Crippen LogP contribution in [0, 0.1) is 5.41 Å². The van der Waals surface area contributed by atoms with Gasteiger partial charge in [-0.2, -0.15) is 0 Å². The summed E-state index contributed by atoms with van der Waals surface area (Å²) in [6.07, 6.45) is 0. The number of carbonyl (C=O) groups excluding carboxylic acids is 1.